The van der Waals surface area contributed by atoms with Crippen LogP contribution in [0.3, 0.4) is 0 Å². The van der Waals surface area contributed by atoms with Crippen LogP contribution in [-0.2, 0) is 11.3 Å². The summed E-state index contributed by atoms with van der Waals surface area (Å²) in [5, 5.41) is 18.0. The topological polar surface area (TPSA) is 115 Å². The molecule has 1 aromatic heterocycles. The van der Waals surface area contributed by atoms with E-state index in [2.05, 4.69) is 20.6 Å². The molecular weight excluding hydrogens is 264 g/mol. The molecule has 0 aliphatic heterocycles. The highest BCUT2D eigenvalue weighted by molar-refractivity contribution is 5.82. The van der Waals surface area contributed by atoms with E-state index in [0.29, 0.717) is 5.56 Å². The van der Waals surface area contributed by atoms with Gasteiger partial charge < -0.3 is 0 Å². The third-order valence-electron chi connectivity index (χ3n) is 2.28. The molecule has 9 heteroatoms. The lowest BCUT2D eigenvalue weighted by atomic mass is 10.2. The first kappa shape index (κ1) is 13.3. The number of nitro benzene ring substituents is 1. The van der Waals surface area contributed by atoms with Crippen molar-refractivity contribution in [2.24, 2.45) is 5.10 Å². The molecule has 1 amide bonds. The molecule has 0 radical (unpaired) electrons. The number of nitrogens with zero attached hydrogens (tertiary/aromatic N) is 5. The smallest absolute Gasteiger partial charge is 0.269 e. The van der Waals surface area contributed by atoms with E-state index in [1.54, 1.807) is 0 Å². The number of hydrazone groups is 1. The van der Waals surface area contributed by atoms with Gasteiger partial charge in [0.15, 0.2) is 0 Å². The van der Waals surface area contributed by atoms with Crippen LogP contribution in [0.25, 0.3) is 0 Å². The van der Waals surface area contributed by atoms with Gasteiger partial charge in [-0.05, 0) is 17.7 Å². The molecule has 0 aliphatic carbocycles. The predicted octanol–water partition coefficient (Wildman–Crippen LogP) is 0.337. The Labute approximate surface area is 113 Å². The largest absolute Gasteiger partial charge is 0.271 e. The minimum atomic E-state index is -0.485. The van der Waals surface area contributed by atoms with E-state index >= 15 is 0 Å². The van der Waals surface area contributed by atoms with Crippen LogP contribution in [-0.4, -0.2) is 31.8 Å². The van der Waals surface area contributed by atoms with Crippen molar-refractivity contribution in [1.82, 2.24) is 20.2 Å². The molecule has 102 valence electrons. The summed E-state index contributed by atoms with van der Waals surface area (Å²) in [6.45, 7) is 0.0115. The van der Waals surface area contributed by atoms with Gasteiger partial charge in [0.25, 0.3) is 11.6 Å². The van der Waals surface area contributed by atoms with Crippen LogP contribution < -0.4 is 5.43 Å². The predicted molar refractivity (Wildman–Crippen MR) is 68.9 cm³/mol. The zero-order chi connectivity index (χ0) is 14.4. The normalized spacial score (nSPS) is 10.6. The molecule has 0 saturated heterocycles. The van der Waals surface area contributed by atoms with Crippen LogP contribution in [0, 0.1) is 10.1 Å². The van der Waals surface area contributed by atoms with E-state index in [-0.39, 0.29) is 18.1 Å². The quantitative estimate of drug-likeness (QED) is 0.479. The summed E-state index contributed by atoms with van der Waals surface area (Å²) in [5.74, 6) is -0.353. The zero-order valence-corrected chi connectivity index (χ0v) is 10.2. The summed E-state index contributed by atoms with van der Waals surface area (Å²) < 4.78 is 1.36. The number of non-ortho nitro benzene ring substituents is 1. The van der Waals surface area contributed by atoms with Crippen molar-refractivity contribution in [3.05, 3.63) is 52.6 Å². The van der Waals surface area contributed by atoms with Gasteiger partial charge in [-0.25, -0.2) is 15.1 Å². The van der Waals surface area contributed by atoms with Crippen LogP contribution in [0.4, 0.5) is 5.69 Å². The fourth-order valence-corrected chi connectivity index (χ4v) is 1.36. The molecule has 0 aliphatic rings. The number of nitro groups is 1. The Kier molecular flexibility index (Phi) is 4.12. The van der Waals surface area contributed by atoms with Gasteiger partial charge in [0.1, 0.15) is 19.2 Å². The third-order valence-corrected chi connectivity index (χ3v) is 2.28. The Morgan fingerprint density at radius 1 is 1.45 bits per heavy atom. The van der Waals surface area contributed by atoms with Gasteiger partial charge in [0, 0.05) is 12.1 Å². The lowest BCUT2D eigenvalue weighted by Gasteiger charge is -1.99. The Balaban J connectivity index is 1.86. The molecule has 0 unspecified atom stereocenters. The Morgan fingerprint density at radius 2 is 2.20 bits per heavy atom. The standard InChI is InChI=1S/C11H10N6O3/c18-11(6-16-8-12-7-14-16)15-13-5-9-1-3-10(4-2-9)17(19)20/h1-5,7-8H,6H2,(H,15,18)/b13-5-. The lowest BCUT2D eigenvalue weighted by Crippen LogP contribution is -2.23. The number of amides is 1. The van der Waals surface area contributed by atoms with Crippen LogP contribution >= 0.6 is 0 Å². The molecule has 2 rings (SSSR count). The van der Waals surface area contributed by atoms with E-state index in [1.807, 2.05) is 0 Å². The molecule has 0 bridgehead atoms. The number of rotatable bonds is 5. The Bertz CT molecular complexity index is 620. The summed E-state index contributed by atoms with van der Waals surface area (Å²) >= 11 is 0. The molecule has 0 spiro atoms. The number of hydrogen-bond acceptors (Lipinski definition) is 6. The maximum atomic E-state index is 11.4. The molecular formula is C11H10N6O3. The van der Waals surface area contributed by atoms with E-state index < -0.39 is 4.92 Å². The molecule has 1 aromatic carbocycles. The fraction of sp³-hybridized carbons (Fsp3) is 0.0909. The second-order valence-corrected chi connectivity index (χ2v) is 3.73. The maximum Gasteiger partial charge on any atom is 0.269 e. The summed E-state index contributed by atoms with van der Waals surface area (Å²) in [6.07, 6.45) is 4.13. The van der Waals surface area contributed by atoms with Gasteiger partial charge in [0.05, 0.1) is 11.1 Å². The Morgan fingerprint density at radius 3 is 2.80 bits per heavy atom. The van der Waals surface area contributed by atoms with E-state index in [1.165, 1.54) is 47.8 Å². The van der Waals surface area contributed by atoms with E-state index in [0.717, 1.165) is 0 Å². The van der Waals surface area contributed by atoms with E-state index in [4.69, 9.17) is 0 Å². The van der Waals surface area contributed by atoms with Crippen molar-refractivity contribution in [2.75, 3.05) is 0 Å². The van der Waals surface area contributed by atoms with Crippen LogP contribution in [0.15, 0.2) is 42.0 Å². The SMILES string of the molecule is O=C(Cn1cncn1)N/N=C\c1ccc([N+](=O)[O-])cc1. The molecule has 2 aromatic rings. The van der Waals surface area contributed by atoms with Gasteiger partial charge in [-0.3, -0.25) is 14.9 Å². The molecule has 0 saturated carbocycles. The monoisotopic (exact) mass is 274 g/mol. The molecule has 9 nitrogen and oxygen atoms in total. The van der Waals surface area contributed by atoms with Gasteiger partial charge >= 0.3 is 0 Å². The average molecular weight is 274 g/mol. The van der Waals surface area contributed by atoms with Crippen LogP contribution in [0.5, 0.6) is 0 Å². The summed E-state index contributed by atoms with van der Waals surface area (Å²) in [4.78, 5) is 25.1. The van der Waals surface area contributed by atoms with Crippen LogP contribution in [0.1, 0.15) is 5.56 Å². The fourth-order valence-electron chi connectivity index (χ4n) is 1.36. The van der Waals surface area contributed by atoms with Crippen LogP contribution in [0.2, 0.25) is 0 Å². The number of aromatic nitrogens is 3. The van der Waals surface area contributed by atoms with Gasteiger partial charge in [-0.15, -0.1) is 0 Å². The van der Waals surface area contributed by atoms with Crippen molar-refractivity contribution >= 4 is 17.8 Å². The zero-order valence-electron chi connectivity index (χ0n) is 10.2. The number of benzene rings is 1. The van der Waals surface area contributed by atoms with Gasteiger partial charge in [-0.2, -0.15) is 10.2 Å². The molecule has 0 atom stereocenters. The van der Waals surface area contributed by atoms with Crippen molar-refractivity contribution < 1.29 is 9.72 Å². The molecule has 0 fully saturated rings. The van der Waals surface area contributed by atoms with Crippen molar-refractivity contribution in [3.8, 4) is 0 Å². The summed E-state index contributed by atoms with van der Waals surface area (Å²) in [6, 6.07) is 5.79. The third kappa shape index (κ3) is 3.70. The lowest BCUT2D eigenvalue weighted by molar-refractivity contribution is -0.384. The van der Waals surface area contributed by atoms with Gasteiger partial charge in [0.2, 0.25) is 0 Å². The minimum Gasteiger partial charge on any atom is -0.271 e. The second-order valence-electron chi connectivity index (χ2n) is 3.73. The second kappa shape index (κ2) is 6.18. The summed E-state index contributed by atoms with van der Waals surface area (Å²) in [7, 11) is 0. The van der Waals surface area contributed by atoms with Crippen molar-refractivity contribution in [2.45, 2.75) is 6.54 Å². The van der Waals surface area contributed by atoms with Crippen molar-refractivity contribution in [3.63, 3.8) is 0 Å². The number of carbonyl (C=O) groups is 1. The number of carbonyl (C=O) groups excluding carboxylic acids is 1. The molecule has 1 N–H and O–H groups in total. The minimum absolute atomic E-state index is 0.00244. The van der Waals surface area contributed by atoms with E-state index in [9.17, 15) is 14.9 Å². The van der Waals surface area contributed by atoms with Crippen molar-refractivity contribution in [1.29, 1.82) is 0 Å². The number of hydrogen-bond donors (Lipinski definition) is 1. The first-order valence-corrected chi connectivity index (χ1v) is 5.54. The first-order chi connectivity index (χ1) is 9.65. The highest BCUT2D eigenvalue weighted by Gasteiger charge is 2.03. The molecule has 1 heterocycles. The summed E-state index contributed by atoms with van der Waals surface area (Å²) in [5.41, 5.74) is 2.95. The first-order valence-electron chi connectivity index (χ1n) is 5.54. The highest BCUT2D eigenvalue weighted by Crippen LogP contribution is 2.10. The maximum absolute atomic E-state index is 11.4. The van der Waals surface area contributed by atoms with Gasteiger partial charge in [-0.1, -0.05) is 0 Å². The average Bonchev–Trinajstić information content (AvgIpc) is 2.92. The number of nitrogens with one attached hydrogen (secondary N) is 1. The Hall–Kier alpha value is -3.10. The molecule has 20 heavy (non-hydrogen) atoms. The highest BCUT2D eigenvalue weighted by atomic mass is 16.6.